The third-order valence-electron chi connectivity index (χ3n) is 3.77. The maximum Gasteiger partial charge on any atom is 0.0754 e. The molecule has 2 aliphatic rings. The van der Waals surface area contributed by atoms with Crippen molar-refractivity contribution in [2.75, 3.05) is 23.7 Å². The van der Waals surface area contributed by atoms with E-state index in [0.717, 1.165) is 18.8 Å². The van der Waals surface area contributed by atoms with Gasteiger partial charge in [0.25, 0.3) is 0 Å². The van der Waals surface area contributed by atoms with Crippen LogP contribution in [0.4, 0.5) is 11.4 Å². The summed E-state index contributed by atoms with van der Waals surface area (Å²) in [7, 11) is 0. The Kier molecular flexibility index (Phi) is 2.93. The molecule has 0 unspecified atom stereocenters. The molecule has 2 bridgehead atoms. The summed E-state index contributed by atoms with van der Waals surface area (Å²) in [5, 5.41) is 0. The number of hydrogen-bond donors (Lipinski definition) is 1. The Balaban J connectivity index is 1.80. The van der Waals surface area contributed by atoms with Gasteiger partial charge in [0.05, 0.1) is 12.2 Å². The first-order valence-corrected chi connectivity index (χ1v) is 6.57. The molecule has 0 saturated carbocycles. The molecule has 0 spiro atoms. The monoisotopic (exact) mass is 232 g/mol. The molecule has 0 amide bonds. The van der Waals surface area contributed by atoms with Crippen molar-refractivity contribution in [3.05, 3.63) is 24.3 Å². The minimum Gasteiger partial charge on any atom is -0.399 e. The van der Waals surface area contributed by atoms with Crippen LogP contribution < -0.4 is 10.6 Å². The van der Waals surface area contributed by atoms with Crippen molar-refractivity contribution in [1.29, 1.82) is 0 Å². The van der Waals surface area contributed by atoms with E-state index in [-0.39, 0.29) is 0 Å². The van der Waals surface area contributed by atoms with E-state index in [2.05, 4.69) is 17.0 Å². The molecule has 2 atom stereocenters. The minimum absolute atomic E-state index is 0.415. The third-order valence-corrected chi connectivity index (χ3v) is 3.77. The van der Waals surface area contributed by atoms with E-state index in [1.54, 1.807) is 0 Å². The van der Waals surface area contributed by atoms with E-state index in [4.69, 9.17) is 10.5 Å². The number of rotatable bonds is 1. The first kappa shape index (κ1) is 10.9. The highest BCUT2D eigenvalue weighted by Gasteiger charge is 2.29. The van der Waals surface area contributed by atoms with E-state index < -0.39 is 0 Å². The molecule has 1 aromatic rings. The summed E-state index contributed by atoms with van der Waals surface area (Å²) >= 11 is 0. The van der Waals surface area contributed by atoms with Crippen LogP contribution in [0.1, 0.15) is 25.7 Å². The lowest BCUT2D eigenvalue weighted by atomic mass is 10.1. The summed E-state index contributed by atoms with van der Waals surface area (Å²) < 4.78 is 6.06. The van der Waals surface area contributed by atoms with Gasteiger partial charge in [0, 0.05) is 24.5 Å². The minimum atomic E-state index is 0.415. The Morgan fingerprint density at radius 3 is 2.47 bits per heavy atom. The molecule has 3 rings (SSSR count). The van der Waals surface area contributed by atoms with Gasteiger partial charge in [-0.05, 0) is 31.0 Å². The van der Waals surface area contributed by atoms with Gasteiger partial charge in [-0.1, -0.05) is 18.9 Å². The van der Waals surface area contributed by atoms with Crippen LogP contribution in [0.25, 0.3) is 0 Å². The Bertz CT molecular complexity index is 380. The summed E-state index contributed by atoms with van der Waals surface area (Å²) in [5.74, 6) is 0. The SMILES string of the molecule is Nc1cccc(N2C[C@@H]3CCCC[C@@H](C2)O3)c1. The van der Waals surface area contributed by atoms with Crippen LogP contribution in [-0.2, 0) is 4.74 Å². The number of hydrogen-bond acceptors (Lipinski definition) is 3. The van der Waals surface area contributed by atoms with E-state index in [9.17, 15) is 0 Å². The summed E-state index contributed by atoms with van der Waals surface area (Å²) in [4.78, 5) is 2.43. The molecule has 92 valence electrons. The van der Waals surface area contributed by atoms with Gasteiger partial charge in [0.1, 0.15) is 0 Å². The first-order chi connectivity index (χ1) is 8.31. The molecule has 3 heteroatoms. The molecule has 17 heavy (non-hydrogen) atoms. The first-order valence-electron chi connectivity index (χ1n) is 6.57. The second-order valence-corrected chi connectivity index (χ2v) is 5.16. The summed E-state index contributed by atoms with van der Waals surface area (Å²) in [6, 6.07) is 8.19. The molecule has 2 aliphatic heterocycles. The zero-order valence-corrected chi connectivity index (χ0v) is 10.1. The van der Waals surface area contributed by atoms with Crippen molar-refractivity contribution in [3.63, 3.8) is 0 Å². The van der Waals surface area contributed by atoms with Crippen LogP contribution in [0, 0.1) is 0 Å². The smallest absolute Gasteiger partial charge is 0.0754 e. The Labute approximate surface area is 103 Å². The van der Waals surface area contributed by atoms with E-state index in [1.807, 2.05) is 12.1 Å². The van der Waals surface area contributed by atoms with Crippen LogP contribution in [0.15, 0.2) is 24.3 Å². The summed E-state index contributed by atoms with van der Waals surface area (Å²) in [5.41, 5.74) is 7.94. The highest BCUT2D eigenvalue weighted by molar-refractivity contribution is 5.56. The summed E-state index contributed by atoms with van der Waals surface area (Å²) in [6.45, 7) is 2.03. The molecule has 2 fully saturated rings. The number of benzene rings is 1. The molecule has 0 aliphatic carbocycles. The molecule has 0 aromatic heterocycles. The average Bonchev–Trinajstić information content (AvgIpc) is 2.50. The molecule has 1 aromatic carbocycles. The number of fused-ring (bicyclic) bond motifs is 2. The predicted octanol–water partition coefficient (Wildman–Crippen LogP) is 2.42. The Morgan fingerprint density at radius 2 is 1.82 bits per heavy atom. The molecule has 3 nitrogen and oxygen atoms in total. The molecular formula is C14H20N2O. The number of nitrogens with zero attached hydrogens (tertiary/aromatic N) is 1. The van der Waals surface area contributed by atoms with Crippen LogP contribution in [0.5, 0.6) is 0 Å². The lowest BCUT2D eigenvalue weighted by Gasteiger charge is -2.38. The van der Waals surface area contributed by atoms with Crippen molar-refractivity contribution < 1.29 is 4.74 Å². The fraction of sp³-hybridized carbons (Fsp3) is 0.571. The van der Waals surface area contributed by atoms with Gasteiger partial charge in [-0.2, -0.15) is 0 Å². The van der Waals surface area contributed by atoms with E-state index in [1.165, 1.54) is 31.4 Å². The number of nitrogen functional groups attached to an aromatic ring is 1. The number of nitrogens with two attached hydrogens (primary N) is 1. The van der Waals surface area contributed by atoms with Gasteiger partial charge < -0.3 is 15.4 Å². The van der Waals surface area contributed by atoms with Crippen LogP contribution in [0.3, 0.4) is 0 Å². The maximum absolute atomic E-state index is 6.06. The zero-order valence-electron chi connectivity index (χ0n) is 10.1. The Morgan fingerprint density at radius 1 is 1.12 bits per heavy atom. The average molecular weight is 232 g/mol. The maximum atomic E-state index is 6.06. The number of anilines is 2. The second kappa shape index (κ2) is 4.57. The van der Waals surface area contributed by atoms with Gasteiger partial charge in [-0.25, -0.2) is 0 Å². The van der Waals surface area contributed by atoms with Crippen molar-refractivity contribution in [3.8, 4) is 0 Å². The van der Waals surface area contributed by atoms with Gasteiger partial charge >= 0.3 is 0 Å². The molecule has 2 N–H and O–H groups in total. The predicted molar refractivity (Wildman–Crippen MR) is 70.2 cm³/mol. The van der Waals surface area contributed by atoms with Crippen LogP contribution in [-0.4, -0.2) is 25.3 Å². The van der Waals surface area contributed by atoms with Crippen molar-refractivity contribution in [2.45, 2.75) is 37.9 Å². The van der Waals surface area contributed by atoms with Crippen LogP contribution in [0.2, 0.25) is 0 Å². The third kappa shape index (κ3) is 2.39. The quantitative estimate of drug-likeness (QED) is 0.756. The second-order valence-electron chi connectivity index (χ2n) is 5.16. The number of morpholine rings is 1. The molecular weight excluding hydrogens is 212 g/mol. The standard InChI is InChI=1S/C14H20N2O/c15-11-4-3-5-12(8-11)16-9-13-6-1-2-7-14(10-16)17-13/h3-5,8,13-14H,1-2,6-7,9-10,15H2/t13-,14-/m0/s1. The molecule has 2 heterocycles. The Hall–Kier alpha value is -1.22. The van der Waals surface area contributed by atoms with Gasteiger partial charge in [-0.3, -0.25) is 0 Å². The topological polar surface area (TPSA) is 38.5 Å². The lowest BCUT2D eigenvalue weighted by Crippen LogP contribution is -2.46. The molecule has 2 saturated heterocycles. The highest BCUT2D eigenvalue weighted by atomic mass is 16.5. The fourth-order valence-electron chi connectivity index (χ4n) is 2.92. The zero-order chi connectivity index (χ0) is 11.7. The van der Waals surface area contributed by atoms with Crippen molar-refractivity contribution in [1.82, 2.24) is 0 Å². The van der Waals surface area contributed by atoms with Crippen molar-refractivity contribution >= 4 is 11.4 Å². The normalized spacial score (nSPS) is 28.8. The van der Waals surface area contributed by atoms with E-state index >= 15 is 0 Å². The van der Waals surface area contributed by atoms with Gasteiger partial charge in [-0.15, -0.1) is 0 Å². The van der Waals surface area contributed by atoms with E-state index in [0.29, 0.717) is 12.2 Å². The number of ether oxygens (including phenoxy) is 1. The fourth-order valence-corrected chi connectivity index (χ4v) is 2.92. The molecule has 0 radical (unpaired) electrons. The van der Waals surface area contributed by atoms with Crippen molar-refractivity contribution in [2.24, 2.45) is 0 Å². The summed E-state index contributed by atoms with van der Waals surface area (Å²) in [6.07, 6.45) is 5.86. The largest absolute Gasteiger partial charge is 0.399 e. The highest BCUT2D eigenvalue weighted by Crippen LogP contribution is 2.28. The van der Waals surface area contributed by atoms with Gasteiger partial charge in [0.2, 0.25) is 0 Å². The van der Waals surface area contributed by atoms with Gasteiger partial charge in [0.15, 0.2) is 0 Å². The lowest BCUT2D eigenvalue weighted by molar-refractivity contribution is -0.0212. The van der Waals surface area contributed by atoms with Crippen LogP contribution >= 0.6 is 0 Å².